The Morgan fingerprint density at radius 2 is 1.98 bits per heavy atom. The number of carboxylic acid groups (broad SMARTS) is 2. The minimum absolute atomic E-state index is 0.0260. The first-order chi connectivity index (χ1) is 19.9. The maximum Gasteiger partial charge on any atom is 0.352 e. The first kappa shape index (κ1) is 30.7. The van der Waals surface area contributed by atoms with Crippen molar-refractivity contribution in [2.24, 2.45) is 5.16 Å². The maximum atomic E-state index is 13.2. The van der Waals surface area contributed by atoms with Gasteiger partial charge in [0, 0.05) is 53.8 Å². The number of carboxylic acids is 2. The van der Waals surface area contributed by atoms with Crippen LogP contribution in [0.15, 0.2) is 41.0 Å². The number of likely N-dealkylation sites (N-methyl/N-ethyl adjacent to an activating group) is 1. The lowest BCUT2D eigenvalue weighted by molar-refractivity contribution is -0.688. The molecular weight excluding hydrogens is 590 g/mol. The van der Waals surface area contributed by atoms with Gasteiger partial charge in [0.05, 0.1) is 0 Å². The SMILES string of the molecule is CNCCNc1cc[n+](CC2=C(C(=O)O)N3C(=O)[C@@H](NC(=O)/C(=N\OC(C)(C)C(=O)O)c4nsc(N)n4)[C@H]3SC2)cc1. The molecular formula is C24H30N9O7S2+. The van der Waals surface area contributed by atoms with Gasteiger partial charge in [-0.25, -0.2) is 14.2 Å². The van der Waals surface area contributed by atoms with E-state index in [1.165, 1.54) is 25.6 Å². The second-order valence-corrected chi connectivity index (χ2v) is 11.6. The van der Waals surface area contributed by atoms with E-state index in [9.17, 15) is 29.4 Å². The van der Waals surface area contributed by atoms with Gasteiger partial charge >= 0.3 is 11.9 Å². The summed E-state index contributed by atoms with van der Waals surface area (Å²) >= 11 is 2.09. The standard InChI is InChI=1S/C24H29N9O7S2/c1-24(2,22(38)39)40-30-14(17-29-23(25)42-31-17)18(34)28-15-19(35)33-16(21(36)37)12(11-41-20(15)33)10-32-8-4-13(5-9-32)27-7-6-26-3/h4-5,8-9,15,20,26H,6-7,10-11H2,1-3H3,(H5,25,28,29,31,34,36,37,38,39)/p+1/b30-14-/t15-,20-/m1/s1. The van der Waals surface area contributed by atoms with Crippen LogP contribution in [-0.4, -0.2) is 96.8 Å². The number of hydrogen-bond acceptors (Lipinski definition) is 13. The summed E-state index contributed by atoms with van der Waals surface area (Å²) in [6.07, 6.45) is 3.64. The number of thioether (sulfide) groups is 1. The topological polar surface area (TPSA) is 225 Å². The quantitative estimate of drug-likeness (QED) is 0.0523. The summed E-state index contributed by atoms with van der Waals surface area (Å²) in [5, 5.41) is 31.2. The molecule has 0 unspecified atom stereocenters. The van der Waals surface area contributed by atoms with Crippen LogP contribution in [-0.2, 0) is 30.6 Å². The maximum absolute atomic E-state index is 13.2. The molecule has 16 nitrogen and oxygen atoms in total. The van der Waals surface area contributed by atoms with E-state index in [4.69, 9.17) is 10.6 Å². The summed E-state index contributed by atoms with van der Waals surface area (Å²) in [6.45, 7) is 4.26. The molecule has 2 atom stereocenters. The third-order valence-corrected chi connectivity index (χ3v) is 8.14. The highest BCUT2D eigenvalue weighted by Gasteiger charge is 2.55. The Bertz CT molecular complexity index is 1440. The van der Waals surface area contributed by atoms with Crippen molar-refractivity contribution < 1.29 is 38.8 Å². The average molecular weight is 621 g/mol. The third kappa shape index (κ3) is 6.60. The van der Waals surface area contributed by atoms with Gasteiger partial charge in [-0.1, -0.05) is 5.16 Å². The van der Waals surface area contributed by atoms with Crippen LogP contribution in [0.3, 0.4) is 0 Å². The minimum Gasteiger partial charge on any atom is -0.478 e. The van der Waals surface area contributed by atoms with Crippen LogP contribution >= 0.6 is 23.3 Å². The van der Waals surface area contributed by atoms with Crippen molar-refractivity contribution in [3.8, 4) is 0 Å². The van der Waals surface area contributed by atoms with Crippen LogP contribution in [0, 0.1) is 0 Å². The number of anilines is 2. The van der Waals surface area contributed by atoms with Crippen LogP contribution in [0.2, 0.25) is 0 Å². The molecule has 2 aromatic heterocycles. The molecule has 1 fully saturated rings. The van der Waals surface area contributed by atoms with Gasteiger partial charge in [-0.3, -0.25) is 14.5 Å². The molecule has 0 saturated carbocycles. The second-order valence-electron chi connectivity index (χ2n) is 9.71. The van der Waals surface area contributed by atoms with Gasteiger partial charge in [0.2, 0.25) is 17.1 Å². The Morgan fingerprint density at radius 1 is 1.26 bits per heavy atom. The number of aromatic nitrogens is 3. The van der Waals surface area contributed by atoms with Crippen LogP contribution in [0.4, 0.5) is 10.8 Å². The van der Waals surface area contributed by atoms with Gasteiger partial charge in [0.15, 0.2) is 24.1 Å². The fourth-order valence-corrected chi connectivity index (χ4v) is 5.73. The molecule has 2 aromatic rings. The fourth-order valence-electron chi connectivity index (χ4n) is 3.96. The fraction of sp³-hybridized carbons (Fsp3) is 0.417. The number of amides is 2. The first-order valence-corrected chi connectivity index (χ1v) is 14.4. The number of hydrogen-bond donors (Lipinski definition) is 6. The van der Waals surface area contributed by atoms with Crippen LogP contribution < -0.4 is 26.3 Å². The highest BCUT2D eigenvalue weighted by Crippen LogP contribution is 2.40. The first-order valence-electron chi connectivity index (χ1n) is 12.6. The number of rotatable bonds is 13. The molecule has 0 bridgehead atoms. The number of aliphatic carboxylic acids is 2. The minimum atomic E-state index is -1.78. The zero-order valence-corrected chi connectivity index (χ0v) is 24.5. The summed E-state index contributed by atoms with van der Waals surface area (Å²) in [7, 11) is 1.86. The third-order valence-electron chi connectivity index (χ3n) is 6.25. The lowest BCUT2D eigenvalue weighted by Gasteiger charge is -2.49. The Labute approximate surface area is 248 Å². The lowest BCUT2D eigenvalue weighted by Crippen LogP contribution is -2.71. The Kier molecular flexibility index (Phi) is 9.27. The zero-order valence-electron chi connectivity index (χ0n) is 22.9. The molecule has 2 amide bonds. The molecule has 42 heavy (non-hydrogen) atoms. The van der Waals surface area contributed by atoms with E-state index >= 15 is 0 Å². The number of nitrogens with two attached hydrogens (primary N) is 1. The molecule has 1 saturated heterocycles. The number of pyridine rings is 1. The predicted molar refractivity (Wildman–Crippen MR) is 152 cm³/mol. The highest BCUT2D eigenvalue weighted by molar-refractivity contribution is 8.00. The summed E-state index contributed by atoms with van der Waals surface area (Å²) < 4.78 is 5.75. The normalized spacial score (nSPS) is 18.7. The zero-order chi connectivity index (χ0) is 30.6. The predicted octanol–water partition coefficient (Wildman–Crippen LogP) is -0.938. The van der Waals surface area contributed by atoms with Crippen molar-refractivity contribution in [3.05, 3.63) is 41.6 Å². The number of nitrogens with zero attached hydrogens (tertiary/aromatic N) is 5. The molecule has 18 heteroatoms. The van der Waals surface area contributed by atoms with E-state index in [1.807, 2.05) is 36.1 Å². The Balaban J connectivity index is 1.49. The number of carbonyl (C=O) groups is 4. The van der Waals surface area contributed by atoms with Gasteiger partial charge in [-0.15, -0.1) is 11.8 Å². The second kappa shape index (κ2) is 12.7. The van der Waals surface area contributed by atoms with Crippen molar-refractivity contribution in [1.29, 1.82) is 0 Å². The number of nitrogen functional groups attached to an aromatic ring is 1. The van der Waals surface area contributed by atoms with Crippen molar-refractivity contribution in [1.82, 2.24) is 24.9 Å². The molecule has 2 aliphatic heterocycles. The molecule has 0 spiro atoms. The summed E-state index contributed by atoms with van der Waals surface area (Å²) in [4.78, 5) is 60.2. The smallest absolute Gasteiger partial charge is 0.352 e. The molecule has 7 N–H and O–H groups in total. The van der Waals surface area contributed by atoms with Crippen LogP contribution in [0.5, 0.6) is 0 Å². The Hall–Kier alpha value is -4.29. The molecule has 0 aromatic carbocycles. The van der Waals surface area contributed by atoms with Crippen molar-refractivity contribution in [2.45, 2.75) is 37.4 Å². The van der Waals surface area contributed by atoms with Crippen LogP contribution in [0.1, 0.15) is 19.7 Å². The van der Waals surface area contributed by atoms with Gasteiger partial charge in [-0.05, 0) is 20.9 Å². The monoisotopic (exact) mass is 620 g/mol. The molecule has 4 rings (SSSR count). The summed E-state index contributed by atoms with van der Waals surface area (Å²) in [6, 6.07) is 2.67. The number of fused-ring (bicyclic) bond motifs is 1. The van der Waals surface area contributed by atoms with Gasteiger partial charge in [-0.2, -0.15) is 9.36 Å². The highest BCUT2D eigenvalue weighted by atomic mass is 32.2. The molecule has 4 heterocycles. The summed E-state index contributed by atoms with van der Waals surface area (Å²) in [5.74, 6) is -4.05. The van der Waals surface area contributed by atoms with E-state index in [1.54, 1.807) is 0 Å². The molecule has 2 aliphatic rings. The molecule has 224 valence electrons. The molecule has 0 radical (unpaired) electrons. The van der Waals surface area contributed by atoms with E-state index in [-0.39, 0.29) is 23.2 Å². The van der Waals surface area contributed by atoms with Gasteiger partial charge in [0.25, 0.3) is 11.8 Å². The van der Waals surface area contributed by atoms with E-state index in [0.29, 0.717) is 11.3 Å². The average Bonchev–Trinajstić information content (AvgIpc) is 3.37. The number of carbonyl (C=O) groups excluding carboxylic acids is 2. The number of β-lactam (4-membered cyclic amide) rings is 1. The number of oxime groups is 1. The van der Waals surface area contributed by atoms with Gasteiger partial charge < -0.3 is 36.7 Å². The van der Waals surface area contributed by atoms with Crippen molar-refractivity contribution >= 4 is 63.6 Å². The van der Waals surface area contributed by atoms with Gasteiger partial charge in [0.1, 0.15) is 17.1 Å². The summed E-state index contributed by atoms with van der Waals surface area (Å²) in [5.41, 5.74) is 4.68. The largest absolute Gasteiger partial charge is 0.478 e. The van der Waals surface area contributed by atoms with Crippen LogP contribution in [0.25, 0.3) is 0 Å². The van der Waals surface area contributed by atoms with Crippen molar-refractivity contribution in [2.75, 3.05) is 36.9 Å². The van der Waals surface area contributed by atoms with E-state index < -0.39 is 46.5 Å². The molecule has 0 aliphatic carbocycles. The Morgan fingerprint density at radius 3 is 2.57 bits per heavy atom. The number of nitrogens with one attached hydrogen (secondary N) is 3. The van der Waals surface area contributed by atoms with E-state index in [2.05, 4.69) is 30.5 Å². The van der Waals surface area contributed by atoms with E-state index in [0.717, 1.165) is 35.2 Å². The lowest BCUT2D eigenvalue weighted by atomic mass is 10.0. The van der Waals surface area contributed by atoms with Crippen molar-refractivity contribution in [3.63, 3.8) is 0 Å².